The molecule has 2 aromatic heterocycles. The molecule has 0 fully saturated rings. The lowest BCUT2D eigenvalue weighted by atomic mass is 9.98. The monoisotopic (exact) mass is 463 g/mol. The van der Waals surface area contributed by atoms with Gasteiger partial charge in [-0.05, 0) is 68.5 Å². The zero-order valence-electron chi connectivity index (χ0n) is 20.8. The minimum Gasteiger partial charge on any atom is -0.359 e. The maximum Gasteiger partial charge on any atom is 0.181 e. The number of hydrogen-bond acceptors (Lipinski definition) is 6. The van der Waals surface area contributed by atoms with E-state index in [9.17, 15) is 5.26 Å². The van der Waals surface area contributed by atoms with E-state index >= 15 is 0 Å². The lowest BCUT2D eigenvalue weighted by Gasteiger charge is -2.31. The first-order valence-corrected chi connectivity index (χ1v) is 12.0. The highest BCUT2D eigenvalue weighted by molar-refractivity contribution is 5.83. The summed E-state index contributed by atoms with van der Waals surface area (Å²) >= 11 is 0. The number of benzene rings is 2. The number of rotatable bonds is 5. The van der Waals surface area contributed by atoms with Crippen molar-refractivity contribution >= 4 is 17.3 Å². The summed E-state index contributed by atoms with van der Waals surface area (Å²) in [6.45, 7) is 11.0. The molecule has 0 aliphatic carbocycles. The Bertz CT molecular complexity index is 1430. The molecule has 0 amide bonds. The van der Waals surface area contributed by atoms with Crippen LogP contribution >= 0.6 is 0 Å². The first-order valence-electron chi connectivity index (χ1n) is 12.0. The molecular formula is C29H29N5O. The number of aromatic nitrogens is 2. The second kappa shape index (κ2) is 8.92. The first kappa shape index (κ1) is 22.7. The van der Waals surface area contributed by atoms with Crippen LogP contribution in [0.4, 0.5) is 17.3 Å². The van der Waals surface area contributed by atoms with E-state index in [4.69, 9.17) is 9.51 Å². The Balaban J connectivity index is 1.59. The lowest BCUT2D eigenvalue weighted by Crippen LogP contribution is -2.40. The van der Waals surface area contributed by atoms with Gasteiger partial charge >= 0.3 is 0 Å². The number of hydrogen-bond donors (Lipinski definition) is 0. The molecule has 176 valence electrons. The molecule has 0 bridgehead atoms. The third kappa shape index (κ3) is 3.83. The summed E-state index contributed by atoms with van der Waals surface area (Å²) in [7, 11) is 0. The number of anilines is 3. The van der Waals surface area contributed by atoms with Crippen LogP contribution in [0, 0.1) is 39.0 Å². The molecule has 35 heavy (non-hydrogen) atoms. The summed E-state index contributed by atoms with van der Waals surface area (Å²) in [4.78, 5) is 9.57. The van der Waals surface area contributed by atoms with Gasteiger partial charge in [0.1, 0.15) is 11.9 Å². The summed E-state index contributed by atoms with van der Waals surface area (Å²) in [5.74, 6) is 2.60. The van der Waals surface area contributed by atoms with E-state index in [0.717, 1.165) is 63.0 Å². The molecule has 3 heterocycles. The molecule has 0 saturated heterocycles. The van der Waals surface area contributed by atoms with Crippen LogP contribution in [0.3, 0.4) is 0 Å². The van der Waals surface area contributed by atoms with Gasteiger partial charge in [0, 0.05) is 17.8 Å². The molecule has 1 aliphatic rings. The Morgan fingerprint density at radius 1 is 1.00 bits per heavy atom. The van der Waals surface area contributed by atoms with Gasteiger partial charge < -0.3 is 9.42 Å². The minimum atomic E-state index is 0.0283. The third-order valence-electron chi connectivity index (χ3n) is 6.83. The van der Waals surface area contributed by atoms with E-state index < -0.39 is 0 Å². The van der Waals surface area contributed by atoms with Crippen molar-refractivity contribution in [2.24, 2.45) is 0 Å². The highest BCUT2D eigenvalue weighted by Crippen LogP contribution is 2.47. The van der Waals surface area contributed by atoms with E-state index in [1.54, 1.807) is 0 Å². The van der Waals surface area contributed by atoms with Gasteiger partial charge in [-0.25, -0.2) is 4.98 Å². The molecule has 5 rings (SSSR count). The molecule has 2 aromatic carbocycles. The van der Waals surface area contributed by atoms with Gasteiger partial charge in [0.25, 0.3) is 0 Å². The number of fused-ring (bicyclic) bond motifs is 1. The van der Waals surface area contributed by atoms with Gasteiger partial charge in [-0.15, -0.1) is 0 Å². The van der Waals surface area contributed by atoms with Gasteiger partial charge in [0.05, 0.1) is 17.3 Å². The first-order chi connectivity index (χ1) is 16.9. The number of pyridine rings is 1. The zero-order chi connectivity index (χ0) is 24.7. The van der Waals surface area contributed by atoms with Crippen LogP contribution < -0.4 is 9.80 Å². The Kier molecular flexibility index (Phi) is 5.78. The van der Waals surface area contributed by atoms with Gasteiger partial charge in [0.2, 0.25) is 0 Å². The Labute approximate surface area is 206 Å². The highest BCUT2D eigenvalue weighted by atomic mass is 16.5. The van der Waals surface area contributed by atoms with Gasteiger partial charge in [0.15, 0.2) is 11.6 Å². The fraction of sp³-hybridized carbons (Fsp3) is 0.276. The predicted molar refractivity (Wildman–Crippen MR) is 139 cm³/mol. The third-order valence-corrected chi connectivity index (χ3v) is 6.83. The number of aryl methyl sites for hydroxylation is 3. The van der Waals surface area contributed by atoms with Crippen molar-refractivity contribution in [1.29, 1.82) is 5.26 Å². The predicted octanol–water partition coefficient (Wildman–Crippen LogP) is 6.74. The van der Waals surface area contributed by atoms with E-state index in [0.29, 0.717) is 12.1 Å². The maximum atomic E-state index is 9.91. The molecule has 0 N–H and O–H groups in total. The summed E-state index contributed by atoms with van der Waals surface area (Å²) in [6, 6.07) is 20.7. The normalized spacial score (nSPS) is 14.8. The molecule has 0 spiro atoms. The summed E-state index contributed by atoms with van der Waals surface area (Å²) < 4.78 is 5.55. The second-order valence-electron chi connectivity index (χ2n) is 9.18. The molecule has 0 saturated carbocycles. The van der Waals surface area contributed by atoms with Crippen LogP contribution in [0.2, 0.25) is 0 Å². The van der Waals surface area contributed by atoms with Crippen LogP contribution in [0.25, 0.3) is 11.1 Å². The quantitative estimate of drug-likeness (QED) is 0.327. The number of nitrogens with zero attached hydrogens (tertiary/aromatic N) is 5. The van der Waals surface area contributed by atoms with Crippen molar-refractivity contribution in [3.8, 4) is 17.2 Å². The SMILES string of the molecule is CCC1N(Cc2ccc(-c3ccccc3)c(C#N)c2)c2nc(C)cc(C)c2N1c1noc(C)c1C. The van der Waals surface area contributed by atoms with Crippen molar-refractivity contribution in [3.63, 3.8) is 0 Å². The largest absolute Gasteiger partial charge is 0.359 e. The molecule has 0 radical (unpaired) electrons. The summed E-state index contributed by atoms with van der Waals surface area (Å²) in [5, 5.41) is 14.3. The molecule has 1 atom stereocenters. The Morgan fingerprint density at radius 3 is 2.43 bits per heavy atom. The molecule has 6 heteroatoms. The minimum absolute atomic E-state index is 0.0283. The van der Waals surface area contributed by atoms with Crippen LogP contribution in [0.1, 0.15) is 47.1 Å². The van der Waals surface area contributed by atoms with Crippen LogP contribution in [0.15, 0.2) is 59.1 Å². The van der Waals surface area contributed by atoms with Gasteiger partial charge in [-0.3, -0.25) is 4.90 Å². The maximum absolute atomic E-state index is 9.91. The standard InChI is InChI=1S/C29H29N5O/c1-6-26-33(17-22-12-13-25(24(15-22)16-30)23-10-8-7-9-11-23)29-27(18(2)14-19(3)31-29)34(26)28-20(4)21(5)35-32-28/h7-15,26H,6,17H2,1-5H3. The smallest absolute Gasteiger partial charge is 0.181 e. The average Bonchev–Trinajstić information content (AvgIpc) is 3.35. The summed E-state index contributed by atoms with van der Waals surface area (Å²) in [5.41, 5.74) is 7.99. The number of nitriles is 1. The van der Waals surface area contributed by atoms with Crippen molar-refractivity contribution in [3.05, 3.63) is 88.3 Å². The second-order valence-corrected chi connectivity index (χ2v) is 9.18. The van der Waals surface area contributed by atoms with Gasteiger partial charge in [-0.1, -0.05) is 54.5 Å². The fourth-order valence-corrected chi connectivity index (χ4v) is 5.05. The van der Waals surface area contributed by atoms with Crippen molar-refractivity contribution < 1.29 is 4.52 Å². The molecular weight excluding hydrogens is 434 g/mol. The van der Waals surface area contributed by atoms with E-state index in [1.165, 1.54) is 0 Å². The fourth-order valence-electron chi connectivity index (χ4n) is 5.05. The van der Waals surface area contributed by atoms with E-state index in [-0.39, 0.29) is 6.17 Å². The van der Waals surface area contributed by atoms with Crippen LogP contribution in [0.5, 0.6) is 0 Å². The van der Waals surface area contributed by atoms with Crippen molar-refractivity contribution in [1.82, 2.24) is 10.1 Å². The van der Waals surface area contributed by atoms with Gasteiger partial charge in [-0.2, -0.15) is 5.26 Å². The molecule has 1 unspecified atom stereocenters. The molecule has 1 aliphatic heterocycles. The zero-order valence-corrected chi connectivity index (χ0v) is 20.8. The van der Waals surface area contributed by atoms with Crippen molar-refractivity contribution in [2.75, 3.05) is 9.80 Å². The lowest BCUT2D eigenvalue weighted by molar-refractivity contribution is 0.396. The highest BCUT2D eigenvalue weighted by Gasteiger charge is 2.40. The van der Waals surface area contributed by atoms with E-state index in [2.05, 4.69) is 60.0 Å². The molecule has 4 aromatic rings. The Morgan fingerprint density at radius 2 is 1.77 bits per heavy atom. The Hall–Kier alpha value is -4.11. The molecule has 6 nitrogen and oxygen atoms in total. The van der Waals surface area contributed by atoms with Crippen molar-refractivity contribution in [2.45, 2.75) is 53.8 Å². The van der Waals surface area contributed by atoms with E-state index in [1.807, 2.05) is 50.2 Å². The summed E-state index contributed by atoms with van der Waals surface area (Å²) in [6.07, 6.45) is 0.897. The topological polar surface area (TPSA) is 69.2 Å². The average molecular weight is 464 g/mol. The van der Waals surface area contributed by atoms with Crippen LogP contribution in [-0.4, -0.2) is 16.3 Å². The van der Waals surface area contributed by atoms with Crippen LogP contribution in [-0.2, 0) is 6.54 Å².